The molecule has 0 heterocycles. The summed E-state index contributed by atoms with van der Waals surface area (Å²) in [4.78, 5) is 0. The number of aliphatic hydroxyl groups is 1. The summed E-state index contributed by atoms with van der Waals surface area (Å²) in [5.74, 6) is -0.423. The molecule has 0 radical (unpaired) electrons. The first-order valence-electron chi connectivity index (χ1n) is 3.96. The van der Waals surface area contributed by atoms with E-state index in [1.54, 1.807) is 6.07 Å². The second kappa shape index (κ2) is 4.56. The standard InChI is InChI=1S/C9H11ClFNO/c10-6-1-2-7(8(11)5-6)9(12)3-4-13/h1-2,5,9,13H,3-4,12H2/t9-/m1/s1. The van der Waals surface area contributed by atoms with Crippen LogP contribution in [0.15, 0.2) is 18.2 Å². The molecule has 0 aliphatic carbocycles. The number of hydrogen-bond acceptors (Lipinski definition) is 2. The smallest absolute Gasteiger partial charge is 0.129 e. The van der Waals surface area contributed by atoms with Crippen LogP contribution in [0.25, 0.3) is 0 Å². The highest BCUT2D eigenvalue weighted by Crippen LogP contribution is 2.20. The van der Waals surface area contributed by atoms with Crippen LogP contribution in [0.1, 0.15) is 18.0 Å². The van der Waals surface area contributed by atoms with E-state index in [4.69, 9.17) is 22.4 Å². The average Bonchev–Trinajstić information content (AvgIpc) is 2.04. The molecule has 0 aromatic heterocycles. The van der Waals surface area contributed by atoms with Crippen molar-refractivity contribution in [2.24, 2.45) is 5.73 Å². The van der Waals surface area contributed by atoms with Crippen molar-refractivity contribution in [3.63, 3.8) is 0 Å². The molecule has 0 fully saturated rings. The van der Waals surface area contributed by atoms with E-state index in [0.29, 0.717) is 17.0 Å². The quantitative estimate of drug-likeness (QED) is 0.788. The predicted molar refractivity (Wildman–Crippen MR) is 50.0 cm³/mol. The lowest BCUT2D eigenvalue weighted by Gasteiger charge is -2.11. The first kappa shape index (κ1) is 10.4. The first-order valence-corrected chi connectivity index (χ1v) is 4.34. The normalized spacial score (nSPS) is 12.9. The molecule has 0 bridgehead atoms. The van der Waals surface area contributed by atoms with Crippen molar-refractivity contribution in [1.82, 2.24) is 0 Å². The molecule has 0 saturated heterocycles. The summed E-state index contributed by atoms with van der Waals surface area (Å²) < 4.78 is 13.2. The fourth-order valence-corrected chi connectivity index (χ4v) is 1.26. The van der Waals surface area contributed by atoms with Crippen molar-refractivity contribution in [1.29, 1.82) is 0 Å². The number of nitrogens with two attached hydrogens (primary N) is 1. The highest BCUT2D eigenvalue weighted by molar-refractivity contribution is 6.30. The number of aliphatic hydroxyl groups excluding tert-OH is 1. The molecule has 0 unspecified atom stereocenters. The maximum absolute atomic E-state index is 13.2. The van der Waals surface area contributed by atoms with Crippen molar-refractivity contribution in [2.75, 3.05) is 6.61 Å². The summed E-state index contributed by atoms with van der Waals surface area (Å²) in [6.45, 7) is -0.0523. The summed E-state index contributed by atoms with van der Waals surface area (Å²) in [5.41, 5.74) is 6.00. The number of benzene rings is 1. The van der Waals surface area contributed by atoms with Gasteiger partial charge in [-0.3, -0.25) is 0 Å². The number of halogens is 2. The van der Waals surface area contributed by atoms with Gasteiger partial charge in [0.1, 0.15) is 5.82 Å². The summed E-state index contributed by atoms with van der Waals surface area (Å²) >= 11 is 5.57. The van der Waals surface area contributed by atoms with Gasteiger partial charge in [0.25, 0.3) is 0 Å². The number of hydrogen-bond donors (Lipinski definition) is 2. The highest BCUT2D eigenvalue weighted by Gasteiger charge is 2.10. The first-order chi connectivity index (χ1) is 6.15. The monoisotopic (exact) mass is 203 g/mol. The molecule has 1 aromatic rings. The minimum atomic E-state index is -0.470. The van der Waals surface area contributed by atoms with Gasteiger partial charge < -0.3 is 10.8 Å². The summed E-state index contributed by atoms with van der Waals surface area (Å²) in [7, 11) is 0. The Labute approximate surface area is 81.1 Å². The minimum absolute atomic E-state index is 0.0523. The maximum Gasteiger partial charge on any atom is 0.129 e. The lowest BCUT2D eigenvalue weighted by Crippen LogP contribution is -2.13. The maximum atomic E-state index is 13.2. The predicted octanol–water partition coefficient (Wildman–Crippen LogP) is 1.86. The van der Waals surface area contributed by atoms with Crippen LogP contribution in [0.2, 0.25) is 5.02 Å². The van der Waals surface area contributed by atoms with Crippen LogP contribution < -0.4 is 5.73 Å². The second-order valence-electron chi connectivity index (χ2n) is 2.78. The highest BCUT2D eigenvalue weighted by atomic mass is 35.5. The molecule has 1 atom stereocenters. The van der Waals surface area contributed by atoms with E-state index in [9.17, 15) is 4.39 Å². The Morgan fingerprint density at radius 2 is 2.23 bits per heavy atom. The third-order valence-electron chi connectivity index (χ3n) is 1.80. The minimum Gasteiger partial charge on any atom is -0.396 e. The molecule has 0 spiro atoms. The van der Waals surface area contributed by atoms with Crippen LogP contribution in [0.4, 0.5) is 4.39 Å². The van der Waals surface area contributed by atoms with Gasteiger partial charge in [-0.1, -0.05) is 17.7 Å². The molecule has 0 aliphatic rings. The van der Waals surface area contributed by atoms with Gasteiger partial charge in [-0.15, -0.1) is 0 Å². The molecule has 0 saturated carbocycles. The van der Waals surface area contributed by atoms with Crippen LogP contribution in [0.5, 0.6) is 0 Å². The third kappa shape index (κ3) is 2.66. The molecule has 1 aromatic carbocycles. The Hall–Kier alpha value is -0.640. The molecule has 4 heteroatoms. The zero-order valence-electron chi connectivity index (χ0n) is 7.00. The van der Waals surface area contributed by atoms with Crippen molar-refractivity contribution in [3.05, 3.63) is 34.6 Å². The van der Waals surface area contributed by atoms with Gasteiger partial charge in [-0.25, -0.2) is 4.39 Å². The Bertz CT molecular complexity index is 293. The fourth-order valence-electron chi connectivity index (χ4n) is 1.10. The molecule has 2 nitrogen and oxygen atoms in total. The van der Waals surface area contributed by atoms with E-state index in [1.807, 2.05) is 0 Å². The molecule has 13 heavy (non-hydrogen) atoms. The van der Waals surface area contributed by atoms with E-state index in [0.717, 1.165) is 0 Å². The van der Waals surface area contributed by atoms with Gasteiger partial charge in [-0.05, 0) is 18.6 Å². The van der Waals surface area contributed by atoms with Crippen LogP contribution in [0.3, 0.4) is 0 Å². The van der Waals surface area contributed by atoms with Gasteiger partial charge in [0.05, 0.1) is 0 Å². The molecular formula is C9H11ClFNO. The van der Waals surface area contributed by atoms with Crippen molar-refractivity contribution in [3.8, 4) is 0 Å². The Balaban J connectivity index is 2.88. The van der Waals surface area contributed by atoms with E-state index >= 15 is 0 Å². The summed E-state index contributed by atoms with van der Waals surface area (Å²) in [6.07, 6.45) is 0.346. The summed E-state index contributed by atoms with van der Waals surface area (Å²) in [6, 6.07) is 3.87. The van der Waals surface area contributed by atoms with Gasteiger partial charge in [-0.2, -0.15) is 0 Å². The third-order valence-corrected chi connectivity index (χ3v) is 2.04. The average molecular weight is 204 g/mol. The molecular weight excluding hydrogens is 193 g/mol. The van der Waals surface area contributed by atoms with Gasteiger partial charge in [0.2, 0.25) is 0 Å². The Morgan fingerprint density at radius 1 is 1.54 bits per heavy atom. The van der Waals surface area contributed by atoms with E-state index in [1.165, 1.54) is 12.1 Å². The lowest BCUT2D eigenvalue weighted by atomic mass is 10.0. The lowest BCUT2D eigenvalue weighted by molar-refractivity contribution is 0.275. The van der Waals surface area contributed by atoms with Crippen LogP contribution in [-0.2, 0) is 0 Å². The fraction of sp³-hybridized carbons (Fsp3) is 0.333. The van der Waals surface area contributed by atoms with Gasteiger partial charge in [0, 0.05) is 23.2 Å². The van der Waals surface area contributed by atoms with Crippen LogP contribution >= 0.6 is 11.6 Å². The molecule has 0 aliphatic heterocycles. The number of rotatable bonds is 3. The van der Waals surface area contributed by atoms with Gasteiger partial charge >= 0.3 is 0 Å². The van der Waals surface area contributed by atoms with Crippen molar-refractivity contribution < 1.29 is 9.50 Å². The van der Waals surface area contributed by atoms with E-state index in [2.05, 4.69) is 0 Å². The molecule has 72 valence electrons. The van der Waals surface area contributed by atoms with Crippen LogP contribution in [0, 0.1) is 5.82 Å². The van der Waals surface area contributed by atoms with E-state index < -0.39 is 11.9 Å². The molecule has 3 N–H and O–H groups in total. The molecule has 1 rings (SSSR count). The van der Waals surface area contributed by atoms with Crippen molar-refractivity contribution in [2.45, 2.75) is 12.5 Å². The summed E-state index contributed by atoms with van der Waals surface area (Å²) in [5, 5.41) is 8.96. The van der Waals surface area contributed by atoms with Crippen LogP contribution in [-0.4, -0.2) is 11.7 Å². The largest absolute Gasteiger partial charge is 0.396 e. The zero-order chi connectivity index (χ0) is 9.84. The Morgan fingerprint density at radius 3 is 2.77 bits per heavy atom. The zero-order valence-corrected chi connectivity index (χ0v) is 7.76. The molecule has 0 amide bonds. The van der Waals surface area contributed by atoms with Crippen molar-refractivity contribution >= 4 is 11.6 Å². The van der Waals surface area contributed by atoms with E-state index in [-0.39, 0.29) is 6.61 Å². The Kier molecular flexibility index (Phi) is 3.66. The second-order valence-corrected chi connectivity index (χ2v) is 3.22. The van der Waals surface area contributed by atoms with Gasteiger partial charge in [0.15, 0.2) is 0 Å². The SMILES string of the molecule is N[C@H](CCO)c1ccc(Cl)cc1F. The topological polar surface area (TPSA) is 46.2 Å².